The van der Waals surface area contributed by atoms with E-state index in [2.05, 4.69) is 31.3 Å². The van der Waals surface area contributed by atoms with Gasteiger partial charge in [-0.3, -0.25) is 4.79 Å². The normalized spacial score (nSPS) is 12.8. The first-order valence-electron chi connectivity index (χ1n) is 14.6. The minimum atomic E-state index is -2.00. The lowest BCUT2D eigenvalue weighted by atomic mass is 10.0. The SMILES string of the molecule is CCCCCCCCCCCCCCc1ccc(OCC(COP(O)OCCC[NH2+]CC)OC=O)cc1. The third kappa shape index (κ3) is 20.4. The molecule has 0 spiro atoms. The Morgan fingerprint density at radius 1 is 0.838 bits per heavy atom. The molecule has 0 radical (unpaired) electrons. The molecule has 0 fully saturated rings. The lowest BCUT2D eigenvalue weighted by Crippen LogP contribution is -2.83. The van der Waals surface area contributed by atoms with Crippen LogP contribution in [0, 0.1) is 0 Å². The first-order chi connectivity index (χ1) is 18.2. The van der Waals surface area contributed by atoms with Crippen molar-refractivity contribution in [1.29, 1.82) is 0 Å². The number of carbonyl (C=O) groups is 1. The van der Waals surface area contributed by atoms with Crippen LogP contribution in [0.4, 0.5) is 0 Å². The Morgan fingerprint density at radius 3 is 2.05 bits per heavy atom. The van der Waals surface area contributed by atoms with Crippen molar-refractivity contribution >= 4 is 15.1 Å². The van der Waals surface area contributed by atoms with Crippen LogP contribution in [0.2, 0.25) is 0 Å². The van der Waals surface area contributed by atoms with E-state index < -0.39 is 14.7 Å². The predicted molar refractivity (Wildman–Crippen MR) is 151 cm³/mol. The van der Waals surface area contributed by atoms with Crippen molar-refractivity contribution in [3.63, 3.8) is 0 Å². The summed E-state index contributed by atoms with van der Waals surface area (Å²) in [5.41, 5.74) is 1.31. The second-order valence-corrected chi connectivity index (χ2v) is 10.6. The molecule has 1 aromatic carbocycles. The Bertz CT molecular complexity index is 633. The number of aryl methyl sites for hydroxylation is 1. The maximum absolute atomic E-state index is 10.8. The van der Waals surface area contributed by atoms with Crippen molar-refractivity contribution < 1.29 is 33.5 Å². The Morgan fingerprint density at radius 2 is 1.46 bits per heavy atom. The zero-order valence-corrected chi connectivity index (χ0v) is 24.3. The average Bonchev–Trinajstić information content (AvgIpc) is 2.91. The molecule has 1 rings (SSSR count). The van der Waals surface area contributed by atoms with E-state index in [4.69, 9.17) is 18.5 Å². The number of rotatable bonds is 27. The van der Waals surface area contributed by atoms with Crippen molar-refractivity contribution in [3.8, 4) is 5.75 Å². The third-order valence-electron chi connectivity index (χ3n) is 6.34. The smallest absolute Gasteiger partial charge is 0.329 e. The van der Waals surface area contributed by atoms with E-state index >= 15 is 0 Å². The fourth-order valence-electron chi connectivity index (χ4n) is 4.08. The Hall–Kier alpha value is -1.24. The maximum atomic E-state index is 10.8. The molecule has 3 N–H and O–H groups in total. The number of nitrogens with two attached hydrogens (primary N) is 1. The van der Waals surface area contributed by atoms with E-state index in [1.54, 1.807) is 0 Å². The highest BCUT2D eigenvalue weighted by atomic mass is 31.2. The number of carbonyl (C=O) groups excluding carboxylic acids is 1. The van der Waals surface area contributed by atoms with Crippen molar-refractivity contribution in [2.45, 2.75) is 110 Å². The number of hydrogen-bond acceptors (Lipinski definition) is 6. The van der Waals surface area contributed by atoms with Crippen LogP contribution < -0.4 is 10.1 Å². The highest BCUT2D eigenvalue weighted by molar-refractivity contribution is 7.40. The van der Waals surface area contributed by atoms with E-state index in [9.17, 15) is 9.69 Å². The summed E-state index contributed by atoms with van der Waals surface area (Å²) in [5, 5.41) is 2.17. The van der Waals surface area contributed by atoms with Crippen LogP contribution >= 0.6 is 8.60 Å². The van der Waals surface area contributed by atoms with Crippen molar-refractivity contribution in [2.24, 2.45) is 0 Å². The van der Waals surface area contributed by atoms with Gasteiger partial charge in [0, 0.05) is 6.42 Å². The molecule has 0 aliphatic heterocycles. The van der Waals surface area contributed by atoms with Gasteiger partial charge in [0.15, 0.2) is 6.10 Å². The van der Waals surface area contributed by atoms with Crippen LogP contribution in [0.3, 0.4) is 0 Å². The largest absolute Gasteiger partial charge is 0.490 e. The van der Waals surface area contributed by atoms with E-state index in [1.165, 1.54) is 82.6 Å². The van der Waals surface area contributed by atoms with Gasteiger partial charge in [0.05, 0.1) is 26.3 Å². The second kappa shape index (κ2) is 25.1. The van der Waals surface area contributed by atoms with Gasteiger partial charge in [0.2, 0.25) is 0 Å². The van der Waals surface area contributed by atoms with Crippen molar-refractivity contribution in [1.82, 2.24) is 0 Å². The van der Waals surface area contributed by atoms with E-state index in [1.807, 2.05) is 12.1 Å². The van der Waals surface area contributed by atoms with Crippen molar-refractivity contribution in [3.05, 3.63) is 29.8 Å². The summed E-state index contributed by atoms with van der Waals surface area (Å²) in [6.07, 6.45) is 17.6. The predicted octanol–water partition coefficient (Wildman–Crippen LogP) is 6.08. The molecular formula is C29H53NO6P+. The highest BCUT2D eigenvalue weighted by Gasteiger charge is 2.16. The van der Waals surface area contributed by atoms with Gasteiger partial charge in [-0.25, -0.2) is 0 Å². The Balaban J connectivity index is 2.12. The van der Waals surface area contributed by atoms with Gasteiger partial charge in [-0.1, -0.05) is 89.7 Å². The zero-order chi connectivity index (χ0) is 26.8. The van der Waals surface area contributed by atoms with Gasteiger partial charge in [0.25, 0.3) is 6.47 Å². The van der Waals surface area contributed by atoms with Crippen LogP contribution in [0.15, 0.2) is 24.3 Å². The molecule has 0 amide bonds. The van der Waals surface area contributed by atoms with Crippen LogP contribution in [0.1, 0.15) is 103 Å². The van der Waals surface area contributed by atoms with Gasteiger partial charge >= 0.3 is 8.60 Å². The van der Waals surface area contributed by atoms with E-state index in [-0.39, 0.29) is 13.2 Å². The number of ether oxygens (including phenoxy) is 2. The summed E-state index contributed by atoms with van der Waals surface area (Å²) in [6, 6.07) is 8.08. The molecule has 7 nitrogen and oxygen atoms in total. The van der Waals surface area contributed by atoms with Gasteiger partial charge < -0.3 is 28.7 Å². The minimum absolute atomic E-state index is 0.0130. The fraction of sp³-hybridized carbons (Fsp3) is 0.759. The minimum Gasteiger partial charge on any atom is -0.490 e. The summed E-state index contributed by atoms with van der Waals surface area (Å²) in [7, 11) is -2.00. The van der Waals surface area contributed by atoms with Crippen LogP contribution in [-0.2, 0) is 25.0 Å². The molecule has 0 heterocycles. The summed E-state index contributed by atoms with van der Waals surface area (Å²) >= 11 is 0. The third-order valence-corrected chi connectivity index (χ3v) is 7.11. The average molecular weight is 543 g/mol. The standard InChI is InChI=1S/C29H52NO6P/c1-3-5-6-7-8-9-10-11-12-13-14-15-17-27-18-20-28(21-19-27)33-24-29(34-26-31)25-36-37(32)35-23-16-22-30-4-2/h18-21,26,29-30,32H,3-17,22-25H2,1-2H3/p+1. The number of unbranched alkanes of at least 4 members (excludes halogenated alkanes) is 11. The van der Waals surface area contributed by atoms with Crippen LogP contribution in [-0.4, -0.2) is 50.4 Å². The summed E-state index contributed by atoms with van der Waals surface area (Å²) in [5.74, 6) is 0.715. The van der Waals surface area contributed by atoms with Gasteiger partial charge in [0.1, 0.15) is 12.4 Å². The molecule has 0 saturated heterocycles. The summed E-state index contributed by atoms with van der Waals surface area (Å²) < 4.78 is 21.4. The molecule has 0 aliphatic rings. The molecule has 1 aromatic rings. The van der Waals surface area contributed by atoms with Gasteiger partial charge in [-0.2, -0.15) is 0 Å². The molecule has 0 bridgehead atoms. The topological polar surface area (TPSA) is 90.8 Å². The molecule has 37 heavy (non-hydrogen) atoms. The van der Waals surface area contributed by atoms with E-state index in [0.29, 0.717) is 18.8 Å². The Labute approximate surface area is 227 Å². The zero-order valence-electron chi connectivity index (χ0n) is 23.4. The molecule has 2 unspecified atom stereocenters. The van der Waals surface area contributed by atoms with Crippen LogP contribution in [0.25, 0.3) is 0 Å². The van der Waals surface area contributed by atoms with Gasteiger partial charge in [-0.05, 0) is 37.5 Å². The summed E-state index contributed by atoms with van der Waals surface area (Å²) in [4.78, 5) is 20.7. The monoisotopic (exact) mass is 542 g/mol. The first-order valence-corrected chi connectivity index (χ1v) is 15.7. The lowest BCUT2D eigenvalue weighted by molar-refractivity contribution is -0.652. The molecular weight excluding hydrogens is 489 g/mol. The Kier molecular flexibility index (Phi) is 22.9. The number of quaternary nitrogens is 1. The fourth-order valence-corrected chi connectivity index (χ4v) is 4.73. The van der Waals surface area contributed by atoms with Crippen LogP contribution in [0.5, 0.6) is 5.75 Å². The van der Waals surface area contributed by atoms with Gasteiger partial charge in [-0.15, -0.1) is 0 Å². The lowest BCUT2D eigenvalue weighted by Gasteiger charge is -2.18. The number of hydrogen-bond donors (Lipinski definition) is 2. The number of benzene rings is 1. The molecule has 0 aliphatic carbocycles. The summed E-state index contributed by atoms with van der Waals surface area (Å²) in [6.45, 7) is 7.29. The highest BCUT2D eigenvalue weighted by Crippen LogP contribution is 2.33. The molecule has 2 atom stereocenters. The molecule has 214 valence electrons. The van der Waals surface area contributed by atoms with Crippen molar-refractivity contribution in [2.75, 3.05) is 32.9 Å². The first kappa shape index (κ1) is 33.8. The maximum Gasteiger partial charge on any atom is 0.329 e. The second-order valence-electron chi connectivity index (χ2n) is 9.65. The molecule has 8 heteroatoms. The molecule has 0 aromatic heterocycles. The molecule has 0 saturated carbocycles. The quantitative estimate of drug-likeness (QED) is 0.0796. The van der Waals surface area contributed by atoms with E-state index in [0.717, 1.165) is 25.9 Å².